The molecule has 5 aromatic rings. The maximum absolute atomic E-state index is 6.69. The van der Waals surface area contributed by atoms with E-state index in [1.165, 1.54) is 0 Å². The zero-order valence-corrected chi connectivity index (χ0v) is 23.1. The number of rotatable bonds is 7. The number of nitrogens with two attached hydrogens (primary N) is 2. The maximum Gasteiger partial charge on any atom is 0.123 e. The van der Waals surface area contributed by atoms with Crippen LogP contribution in [0.15, 0.2) is 138 Å². The number of aliphatic imine (C=N–C) groups is 1. The average Bonchev–Trinajstić information content (AvgIpc) is 3.01. The van der Waals surface area contributed by atoms with Gasteiger partial charge in [0, 0.05) is 34.8 Å². The van der Waals surface area contributed by atoms with Crippen molar-refractivity contribution in [2.75, 3.05) is 11.1 Å². The summed E-state index contributed by atoms with van der Waals surface area (Å²) in [6.07, 6.45) is 10.2. The molecule has 0 fully saturated rings. The van der Waals surface area contributed by atoms with Crippen LogP contribution in [-0.4, -0.2) is 6.21 Å². The van der Waals surface area contributed by atoms with Crippen LogP contribution in [0.5, 0.6) is 0 Å². The van der Waals surface area contributed by atoms with Gasteiger partial charge in [-0.15, -0.1) is 0 Å². The highest BCUT2D eigenvalue weighted by Gasteiger charge is 2.21. The second-order valence-electron chi connectivity index (χ2n) is 10.6. The molecule has 41 heavy (non-hydrogen) atoms. The summed E-state index contributed by atoms with van der Waals surface area (Å²) in [6.45, 7) is 2.24. The van der Waals surface area contributed by atoms with E-state index in [9.17, 15) is 0 Å². The SMILES string of the molecule is CC1C=CC=CC1c1cc(-c2ccccc2)c(Nc2ccc3cc(C=NC(N)c4ccccc4)ccc3c2)cc1N. The van der Waals surface area contributed by atoms with Crippen molar-refractivity contribution in [3.63, 3.8) is 0 Å². The summed E-state index contributed by atoms with van der Waals surface area (Å²) in [5, 5.41) is 5.94. The number of allylic oxidation sites excluding steroid dienone is 4. The minimum Gasteiger partial charge on any atom is -0.398 e. The highest BCUT2D eigenvalue weighted by Crippen LogP contribution is 2.40. The molecule has 3 unspecified atom stereocenters. The molecule has 4 heteroatoms. The molecule has 3 atom stereocenters. The van der Waals surface area contributed by atoms with E-state index in [4.69, 9.17) is 11.5 Å². The Labute approximate surface area is 241 Å². The van der Waals surface area contributed by atoms with Crippen LogP contribution in [0.1, 0.15) is 35.7 Å². The minimum absolute atomic E-state index is 0.247. The molecular formula is C37H34N4. The van der Waals surface area contributed by atoms with Crippen molar-refractivity contribution in [1.29, 1.82) is 0 Å². The van der Waals surface area contributed by atoms with Crippen LogP contribution in [-0.2, 0) is 0 Å². The third kappa shape index (κ3) is 5.84. The van der Waals surface area contributed by atoms with Crippen molar-refractivity contribution in [1.82, 2.24) is 0 Å². The molecule has 0 radical (unpaired) electrons. The minimum atomic E-state index is -0.384. The Hall–Kier alpha value is -4.93. The standard InChI is InChI=1S/C37H34N4/c1-25-10-8-9-15-32(25)34-22-33(27-11-4-2-5-12-27)36(23-35(34)38)41-31-19-18-29-20-26(16-17-30(29)21-31)24-40-37(39)28-13-6-3-7-14-28/h2-25,32,37,41H,38-39H2,1H3. The summed E-state index contributed by atoms with van der Waals surface area (Å²) in [4.78, 5) is 4.56. The number of anilines is 3. The lowest BCUT2D eigenvalue weighted by Gasteiger charge is -2.25. The number of hydrogen-bond acceptors (Lipinski definition) is 4. The first kappa shape index (κ1) is 26.3. The van der Waals surface area contributed by atoms with Crippen LogP contribution in [0.25, 0.3) is 21.9 Å². The van der Waals surface area contributed by atoms with Crippen molar-refractivity contribution in [2.45, 2.75) is 19.0 Å². The van der Waals surface area contributed by atoms with Crippen LogP contribution in [0.4, 0.5) is 17.1 Å². The van der Waals surface area contributed by atoms with Crippen molar-refractivity contribution in [3.8, 4) is 11.1 Å². The monoisotopic (exact) mass is 534 g/mol. The lowest BCUT2D eigenvalue weighted by atomic mass is 9.82. The van der Waals surface area contributed by atoms with Gasteiger partial charge < -0.3 is 16.8 Å². The van der Waals surface area contributed by atoms with Gasteiger partial charge in [0.1, 0.15) is 6.17 Å². The summed E-state index contributed by atoms with van der Waals surface area (Å²) >= 11 is 0. The van der Waals surface area contributed by atoms with Crippen LogP contribution in [0, 0.1) is 5.92 Å². The highest BCUT2D eigenvalue weighted by atomic mass is 14.9. The van der Waals surface area contributed by atoms with Gasteiger partial charge in [-0.3, -0.25) is 4.99 Å². The van der Waals surface area contributed by atoms with Gasteiger partial charge in [-0.2, -0.15) is 0 Å². The van der Waals surface area contributed by atoms with E-state index in [1.807, 2.05) is 42.6 Å². The fraction of sp³-hybridized carbons (Fsp3) is 0.108. The highest BCUT2D eigenvalue weighted by molar-refractivity contribution is 5.93. The Bertz CT molecular complexity index is 1750. The lowest BCUT2D eigenvalue weighted by molar-refractivity contribution is 0.637. The van der Waals surface area contributed by atoms with Crippen LogP contribution in [0.2, 0.25) is 0 Å². The summed E-state index contributed by atoms with van der Waals surface area (Å²) in [6, 6.07) is 37.5. The third-order valence-corrected chi connectivity index (χ3v) is 7.75. The largest absolute Gasteiger partial charge is 0.398 e. The first-order valence-electron chi connectivity index (χ1n) is 14.0. The molecule has 202 valence electrons. The molecule has 1 aliphatic carbocycles. The Morgan fingerprint density at radius 2 is 1.49 bits per heavy atom. The predicted molar refractivity (Wildman–Crippen MR) is 175 cm³/mol. The van der Waals surface area contributed by atoms with Gasteiger partial charge in [0.25, 0.3) is 0 Å². The van der Waals surface area contributed by atoms with Gasteiger partial charge >= 0.3 is 0 Å². The van der Waals surface area contributed by atoms with E-state index in [0.29, 0.717) is 5.92 Å². The number of benzene rings is 5. The molecule has 0 heterocycles. The van der Waals surface area contributed by atoms with E-state index < -0.39 is 0 Å². The molecule has 0 bridgehead atoms. The molecule has 1 aliphatic rings. The van der Waals surface area contributed by atoms with Crippen molar-refractivity contribution in [3.05, 3.63) is 150 Å². The number of nitrogens with zero attached hydrogens (tertiary/aromatic N) is 1. The van der Waals surface area contributed by atoms with Gasteiger partial charge in [0.15, 0.2) is 0 Å². The Kier molecular flexibility index (Phi) is 7.48. The number of nitrogen functional groups attached to an aromatic ring is 1. The molecular weight excluding hydrogens is 500 g/mol. The van der Waals surface area contributed by atoms with Crippen molar-refractivity contribution < 1.29 is 0 Å². The van der Waals surface area contributed by atoms with E-state index >= 15 is 0 Å². The first-order valence-corrected chi connectivity index (χ1v) is 14.0. The zero-order chi connectivity index (χ0) is 28.2. The van der Waals surface area contributed by atoms with Gasteiger partial charge in [-0.25, -0.2) is 0 Å². The lowest BCUT2D eigenvalue weighted by Crippen LogP contribution is -2.10. The Morgan fingerprint density at radius 3 is 2.27 bits per heavy atom. The number of hydrogen-bond donors (Lipinski definition) is 3. The second kappa shape index (κ2) is 11.7. The molecule has 6 rings (SSSR count). The first-order chi connectivity index (χ1) is 20.0. The Balaban J connectivity index is 1.29. The normalized spacial score (nSPS) is 17.2. The van der Waals surface area contributed by atoms with E-state index in [0.717, 1.165) is 55.7 Å². The van der Waals surface area contributed by atoms with Crippen molar-refractivity contribution >= 4 is 34.0 Å². The average molecular weight is 535 g/mol. The van der Waals surface area contributed by atoms with E-state index in [2.05, 4.69) is 114 Å². The third-order valence-electron chi connectivity index (χ3n) is 7.75. The van der Waals surface area contributed by atoms with Crippen LogP contribution >= 0.6 is 0 Å². The topological polar surface area (TPSA) is 76.4 Å². The van der Waals surface area contributed by atoms with Gasteiger partial charge in [0.2, 0.25) is 0 Å². The number of nitrogens with one attached hydrogen (secondary N) is 1. The smallest absolute Gasteiger partial charge is 0.123 e. The van der Waals surface area contributed by atoms with Gasteiger partial charge in [0.05, 0.1) is 0 Å². The molecule has 4 nitrogen and oxygen atoms in total. The Morgan fingerprint density at radius 1 is 0.780 bits per heavy atom. The van der Waals surface area contributed by atoms with Crippen LogP contribution < -0.4 is 16.8 Å². The second-order valence-corrected chi connectivity index (χ2v) is 10.6. The summed E-state index contributed by atoms with van der Waals surface area (Å²) in [5.41, 5.74) is 21.2. The molecule has 0 amide bonds. The van der Waals surface area contributed by atoms with Gasteiger partial charge in [-0.1, -0.05) is 110 Å². The molecule has 0 aromatic heterocycles. The molecule has 5 aromatic carbocycles. The van der Waals surface area contributed by atoms with E-state index in [1.54, 1.807) is 0 Å². The summed E-state index contributed by atoms with van der Waals surface area (Å²) in [5.74, 6) is 0.631. The molecule has 0 saturated heterocycles. The molecule has 5 N–H and O–H groups in total. The molecule has 0 spiro atoms. The fourth-order valence-electron chi connectivity index (χ4n) is 5.47. The van der Waals surface area contributed by atoms with E-state index in [-0.39, 0.29) is 12.1 Å². The van der Waals surface area contributed by atoms with Crippen LogP contribution in [0.3, 0.4) is 0 Å². The predicted octanol–water partition coefficient (Wildman–Crippen LogP) is 8.75. The fourth-order valence-corrected chi connectivity index (χ4v) is 5.47. The van der Waals surface area contributed by atoms with Crippen molar-refractivity contribution in [2.24, 2.45) is 16.6 Å². The molecule has 0 saturated carbocycles. The number of fused-ring (bicyclic) bond motifs is 1. The maximum atomic E-state index is 6.69. The molecule has 0 aliphatic heterocycles. The quantitative estimate of drug-likeness (QED) is 0.144. The zero-order valence-electron chi connectivity index (χ0n) is 23.1. The summed E-state index contributed by atoms with van der Waals surface area (Å²) in [7, 11) is 0. The van der Waals surface area contributed by atoms with Gasteiger partial charge in [-0.05, 0) is 69.3 Å². The summed E-state index contributed by atoms with van der Waals surface area (Å²) < 4.78 is 0.